The summed E-state index contributed by atoms with van der Waals surface area (Å²) in [7, 11) is 0. The molecule has 7 rings (SSSR count). The van der Waals surface area contributed by atoms with E-state index in [1.165, 1.54) is 39.6 Å². The highest BCUT2D eigenvalue weighted by Crippen LogP contribution is 2.41. The molecule has 1 N–H and O–H groups in total. The summed E-state index contributed by atoms with van der Waals surface area (Å²) in [4.78, 5) is 21.6. The topological polar surface area (TPSA) is 138 Å². The van der Waals surface area contributed by atoms with Crippen molar-refractivity contribution in [2.75, 3.05) is 0 Å². The highest BCUT2D eigenvalue weighted by atomic mass is 35.5. The van der Waals surface area contributed by atoms with Gasteiger partial charge in [-0.3, -0.25) is 4.79 Å². The summed E-state index contributed by atoms with van der Waals surface area (Å²) in [5, 5.41) is 22.3. The molecule has 0 aromatic carbocycles. The summed E-state index contributed by atoms with van der Waals surface area (Å²) in [6.07, 6.45) is 12.4. The van der Waals surface area contributed by atoms with Crippen molar-refractivity contribution in [1.82, 2.24) is 59.3 Å². The number of hydrogen-bond donors (Lipinski definition) is 1. The fourth-order valence-electron chi connectivity index (χ4n) is 4.42. The molecule has 15 heteroatoms. The van der Waals surface area contributed by atoms with Crippen LogP contribution in [0.25, 0.3) is 16.9 Å². The molecule has 1 aliphatic carbocycles. The zero-order chi connectivity index (χ0) is 25.8. The molecule has 6 aromatic heterocycles. The van der Waals surface area contributed by atoms with E-state index in [-0.39, 0.29) is 22.8 Å². The van der Waals surface area contributed by atoms with E-state index in [0.29, 0.717) is 23.8 Å². The Hall–Kier alpha value is -4.72. The molecule has 0 saturated heterocycles. The van der Waals surface area contributed by atoms with Crippen LogP contribution in [0.1, 0.15) is 46.2 Å². The second-order valence-corrected chi connectivity index (χ2v) is 9.47. The van der Waals surface area contributed by atoms with Gasteiger partial charge in [0.15, 0.2) is 17.2 Å². The van der Waals surface area contributed by atoms with Gasteiger partial charge in [-0.1, -0.05) is 16.8 Å². The number of fused-ring (bicyclic) bond motifs is 2. The van der Waals surface area contributed by atoms with Gasteiger partial charge in [-0.15, -0.1) is 10.2 Å². The Labute approximate surface area is 217 Å². The molecule has 1 aliphatic rings. The first-order valence-corrected chi connectivity index (χ1v) is 12.1. The van der Waals surface area contributed by atoms with Crippen LogP contribution in [0.15, 0.2) is 49.6 Å². The van der Waals surface area contributed by atoms with E-state index >= 15 is 0 Å². The normalized spacial score (nSPS) is 13.5. The third-order valence-corrected chi connectivity index (χ3v) is 6.72. The van der Waals surface area contributed by atoms with Crippen molar-refractivity contribution in [1.29, 1.82) is 0 Å². The second-order valence-electron chi connectivity index (χ2n) is 9.06. The third-order valence-electron chi connectivity index (χ3n) is 6.43. The van der Waals surface area contributed by atoms with Crippen molar-refractivity contribution in [3.63, 3.8) is 0 Å². The highest BCUT2D eigenvalue weighted by molar-refractivity contribution is 6.31. The number of imidazole rings is 2. The minimum atomic E-state index is -0.596. The van der Waals surface area contributed by atoms with Gasteiger partial charge in [0.2, 0.25) is 0 Å². The Balaban J connectivity index is 1.09. The van der Waals surface area contributed by atoms with Crippen LogP contribution < -0.4 is 5.32 Å². The minimum Gasteiger partial charge on any atom is -0.345 e. The highest BCUT2D eigenvalue weighted by Gasteiger charge is 2.26. The van der Waals surface area contributed by atoms with Crippen LogP contribution in [0.2, 0.25) is 5.02 Å². The molecule has 1 saturated carbocycles. The van der Waals surface area contributed by atoms with Crippen molar-refractivity contribution in [2.24, 2.45) is 0 Å². The van der Waals surface area contributed by atoms with Gasteiger partial charge in [-0.05, 0) is 46.9 Å². The smallest absolute Gasteiger partial charge is 0.273 e. The Morgan fingerprint density at radius 3 is 2.87 bits per heavy atom. The van der Waals surface area contributed by atoms with Crippen LogP contribution in [-0.2, 0) is 13.1 Å². The molecule has 38 heavy (non-hydrogen) atoms. The predicted octanol–water partition coefficient (Wildman–Crippen LogP) is 2.20. The third kappa shape index (κ3) is 3.94. The number of carbonyl (C=O) groups excluding carboxylic acids is 1. The van der Waals surface area contributed by atoms with Gasteiger partial charge in [0.05, 0.1) is 42.0 Å². The van der Waals surface area contributed by atoms with Gasteiger partial charge in [-0.2, -0.15) is 4.68 Å². The Morgan fingerprint density at radius 1 is 1.16 bits per heavy atom. The molecule has 6 aromatic rings. The fraction of sp³-hybridized carbons (Fsp3) is 0.217. The summed E-state index contributed by atoms with van der Waals surface area (Å²) in [6, 6.07) is 3.51. The summed E-state index contributed by atoms with van der Waals surface area (Å²) in [5.74, 6) is -0.530. The zero-order valence-corrected chi connectivity index (χ0v) is 20.4. The predicted molar refractivity (Wildman–Crippen MR) is 130 cm³/mol. The Bertz CT molecular complexity index is 1820. The molecule has 0 bridgehead atoms. The minimum absolute atomic E-state index is 0.00482. The molecule has 13 nitrogen and oxygen atoms in total. The first-order chi connectivity index (χ1) is 18.5. The van der Waals surface area contributed by atoms with Gasteiger partial charge in [-0.25, -0.2) is 19.0 Å². The van der Waals surface area contributed by atoms with E-state index in [2.05, 4.69) is 48.4 Å². The number of amides is 1. The SMILES string of the molecule is O=C(NCc1ncn2ccc(Cl)c(F)c12)c1cn(Cc2cn3cc(C4CC4)cc(-n4cnnn4)c3n2)nn1. The van der Waals surface area contributed by atoms with Crippen LogP contribution in [0.5, 0.6) is 0 Å². The van der Waals surface area contributed by atoms with E-state index in [4.69, 9.17) is 16.6 Å². The standard InChI is InChI=1S/C23H18ClFN12O/c24-16-3-4-34-11-27-17(21(34)20(16)25)6-26-23(38)18-10-36(32-30-18)9-15-8-35-7-14(13-1-2-13)5-19(22(35)29-15)37-12-28-31-33-37/h3-5,7-8,10-13H,1-2,6,9H2,(H,26,38). The van der Waals surface area contributed by atoms with Gasteiger partial charge in [0.25, 0.3) is 5.91 Å². The number of rotatable bonds is 7. The van der Waals surface area contributed by atoms with Crippen LogP contribution in [0.3, 0.4) is 0 Å². The molecule has 190 valence electrons. The van der Waals surface area contributed by atoms with E-state index in [0.717, 1.165) is 24.2 Å². The molecular weight excluding hydrogens is 515 g/mol. The quantitative estimate of drug-likeness (QED) is 0.330. The maximum Gasteiger partial charge on any atom is 0.273 e. The number of halogens is 2. The summed E-state index contributed by atoms with van der Waals surface area (Å²) >= 11 is 5.89. The summed E-state index contributed by atoms with van der Waals surface area (Å²) < 4.78 is 21.0. The number of hydrogen-bond acceptors (Lipinski definition) is 8. The van der Waals surface area contributed by atoms with Gasteiger partial charge < -0.3 is 14.1 Å². The Kier molecular flexibility index (Phi) is 5.14. The summed E-state index contributed by atoms with van der Waals surface area (Å²) in [5.41, 5.74) is 4.09. The molecule has 6 heterocycles. The molecular formula is C23H18ClFN12O. The largest absolute Gasteiger partial charge is 0.345 e. The van der Waals surface area contributed by atoms with E-state index < -0.39 is 11.7 Å². The average Bonchev–Trinajstić information content (AvgIpc) is 3.33. The lowest BCUT2D eigenvalue weighted by molar-refractivity contribution is 0.0945. The Morgan fingerprint density at radius 2 is 2.05 bits per heavy atom. The van der Waals surface area contributed by atoms with Gasteiger partial charge in [0.1, 0.15) is 17.5 Å². The summed E-state index contributed by atoms with van der Waals surface area (Å²) in [6.45, 7) is 0.292. The number of nitrogens with zero attached hydrogens (tertiary/aromatic N) is 11. The van der Waals surface area contributed by atoms with E-state index in [1.807, 2.05) is 10.6 Å². The van der Waals surface area contributed by atoms with Crippen molar-refractivity contribution in [3.05, 3.63) is 83.1 Å². The van der Waals surface area contributed by atoms with Crippen LogP contribution >= 0.6 is 11.6 Å². The molecule has 1 amide bonds. The molecule has 0 unspecified atom stereocenters. The van der Waals surface area contributed by atoms with Crippen molar-refractivity contribution >= 4 is 28.7 Å². The molecule has 0 radical (unpaired) electrons. The monoisotopic (exact) mass is 532 g/mol. The van der Waals surface area contributed by atoms with Crippen molar-refractivity contribution in [3.8, 4) is 5.69 Å². The van der Waals surface area contributed by atoms with Crippen LogP contribution in [0, 0.1) is 5.82 Å². The molecule has 0 spiro atoms. The lowest BCUT2D eigenvalue weighted by Crippen LogP contribution is -2.23. The lowest BCUT2D eigenvalue weighted by Gasteiger charge is -2.06. The van der Waals surface area contributed by atoms with Crippen LogP contribution in [-0.4, -0.2) is 59.9 Å². The number of pyridine rings is 2. The molecule has 0 atom stereocenters. The van der Waals surface area contributed by atoms with Crippen LogP contribution in [0.4, 0.5) is 4.39 Å². The molecule has 0 aliphatic heterocycles. The number of carbonyl (C=O) groups is 1. The first-order valence-electron chi connectivity index (χ1n) is 11.8. The van der Waals surface area contributed by atoms with E-state index in [1.54, 1.807) is 10.9 Å². The second kappa shape index (κ2) is 8.69. The first kappa shape index (κ1) is 22.5. The van der Waals surface area contributed by atoms with Crippen molar-refractivity contribution < 1.29 is 9.18 Å². The fourth-order valence-corrected chi connectivity index (χ4v) is 4.57. The zero-order valence-electron chi connectivity index (χ0n) is 19.6. The average molecular weight is 533 g/mol. The van der Waals surface area contributed by atoms with E-state index in [9.17, 15) is 9.18 Å². The number of tetrazole rings is 1. The van der Waals surface area contributed by atoms with Gasteiger partial charge >= 0.3 is 0 Å². The molecule has 1 fully saturated rings. The number of nitrogens with one attached hydrogen (secondary N) is 1. The number of aromatic nitrogens is 11. The maximum absolute atomic E-state index is 14.4. The lowest BCUT2D eigenvalue weighted by atomic mass is 10.2. The maximum atomic E-state index is 14.4. The van der Waals surface area contributed by atoms with Crippen molar-refractivity contribution in [2.45, 2.75) is 31.8 Å². The van der Waals surface area contributed by atoms with Gasteiger partial charge in [0, 0.05) is 18.6 Å².